The highest BCUT2D eigenvalue weighted by molar-refractivity contribution is 8.08. The summed E-state index contributed by atoms with van der Waals surface area (Å²) in [6, 6.07) is 4.70. The molecule has 3 atom stereocenters. The van der Waals surface area contributed by atoms with Crippen molar-refractivity contribution in [2.75, 3.05) is 5.75 Å². The van der Waals surface area contributed by atoms with Gasteiger partial charge in [-0.25, -0.2) is 0 Å². The Bertz CT molecular complexity index is 501. The van der Waals surface area contributed by atoms with E-state index in [4.69, 9.17) is 0 Å². The van der Waals surface area contributed by atoms with Gasteiger partial charge in [-0.2, -0.15) is 24.9 Å². The molecule has 1 aliphatic heterocycles. The number of Topliss-reactive ketones (excluding diaryl/α,β-unsaturated/α-hetero) is 1. The molecule has 1 heterocycles. The quantitative estimate of drug-likeness (QED) is 0.746. The standard InChI is InChI=1S/C14H15F3OS2/c1-8-9(2)20-12(7-19-8)13(18)10-4-3-5-11(6-10)14(15,16)17/h3-6,8-9,12H,7H2,1-2H3. The van der Waals surface area contributed by atoms with Gasteiger partial charge in [0.05, 0.1) is 10.8 Å². The summed E-state index contributed by atoms with van der Waals surface area (Å²) in [5.74, 6) is 0.456. The third-order valence-corrected chi connectivity index (χ3v) is 6.71. The number of hydrogen-bond donors (Lipinski definition) is 0. The van der Waals surface area contributed by atoms with Gasteiger partial charge in [0, 0.05) is 21.8 Å². The maximum Gasteiger partial charge on any atom is 0.416 e. The largest absolute Gasteiger partial charge is 0.416 e. The first-order valence-electron chi connectivity index (χ1n) is 6.27. The Morgan fingerprint density at radius 3 is 2.55 bits per heavy atom. The number of rotatable bonds is 2. The predicted molar refractivity (Wildman–Crippen MR) is 78.5 cm³/mol. The lowest BCUT2D eigenvalue weighted by molar-refractivity contribution is -0.137. The Labute approximate surface area is 124 Å². The van der Waals surface area contributed by atoms with Crippen LogP contribution in [0.5, 0.6) is 0 Å². The van der Waals surface area contributed by atoms with Crippen LogP contribution in [0.3, 0.4) is 0 Å². The van der Waals surface area contributed by atoms with E-state index in [1.165, 1.54) is 12.1 Å². The second-order valence-electron chi connectivity index (χ2n) is 4.81. The zero-order chi connectivity index (χ0) is 14.9. The Kier molecular flexibility index (Phi) is 4.74. The minimum Gasteiger partial charge on any atom is -0.293 e. The molecular weight excluding hydrogens is 305 g/mol. The third-order valence-electron chi connectivity index (χ3n) is 3.32. The fourth-order valence-electron chi connectivity index (χ4n) is 1.96. The van der Waals surface area contributed by atoms with Gasteiger partial charge in [0.25, 0.3) is 0 Å². The highest BCUT2D eigenvalue weighted by Crippen LogP contribution is 2.37. The molecule has 3 unspecified atom stereocenters. The fourth-order valence-corrected chi connectivity index (χ4v) is 4.83. The van der Waals surface area contributed by atoms with E-state index in [9.17, 15) is 18.0 Å². The Balaban J connectivity index is 2.17. The number of hydrogen-bond acceptors (Lipinski definition) is 3. The number of carbonyl (C=O) groups excluding carboxylic acids is 1. The molecule has 0 amide bonds. The van der Waals surface area contributed by atoms with E-state index in [-0.39, 0.29) is 16.6 Å². The smallest absolute Gasteiger partial charge is 0.293 e. The van der Waals surface area contributed by atoms with Gasteiger partial charge in [-0.05, 0) is 12.1 Å². The van der Waals surface area contributed by atoms with E-state index < -0.39 is 11.7 Å². The number of alkyl halides is 3. The molecule has 6 heteroatoms. The summed E-state index contributed by atoms with van der Waals surface area (Å²) in [6.45, 7) is 4.15. The van der Waals surface area contributed by atoms with Gasteiger partial charge in [-0.15, -0.1) is 11.8 Å². The van der Waals surface area contributed by atoms with E-state index >= 15 is 0 Å². The Morgan fingerprint density at radius 2 is 1.95 bits per heavy atom. The van der Waals surface area contributed by atoms with Crippen molar-refractivity contribution in [1.82, 2.24) is 0 Å². The zero-order valence-corrected chi connectivity index (χ0v) is 12.7. The first-order chi connectivity index (χ1) is 9.29. The van der Waals surface area contributed by atoms with Crippen molar-refractivity contribution in [1.29, 1.82) is 0 Å². The lowest BCUT2D eigenvalue weighted by Gasteiger charge is -2.30. The molecule has 0 spiro atoms. The zero-order valence-electron chi connectivity index (χ0n) is 11.1. The molecule has 1 fully saturated rings. The number of halogens is 3. The second kappa shape index (κ2) is 6.02. The molecule has 2 rings (SSSR count). The summed E-state index contributed by atoms with van der Waals surface area (Å²) >= 11 is 3.26. The molecule has 0 bridgehead atoms. The molecule has 0 aliphatic carbocycles. The normalized spacial score (nSPS) is 27.4. The lowest BCUT2D eigenvalue weighted by Crippen LogP contribution is -2.31. The van der Waals surface area contributed by atoms with Crippen LogP contribution in [0, 0.1) is 0 Å². The molecule has 0 saturated carbocycles. The van der Waals surface area contributed by atoms with Crippen molar-refractivity contribution in [2.45, 2.75) is 35.8 Å². The van der Waals surface area contributed by atoms with Gasteiger partial charge in [-0.3, -0.25) is 4.79 Å². The summed E-state index contributed by atoms with van der Waals surface area (Å²) < 4.78 is 38.0. The van der Waals surface area contributed by atoms with Crippen molar-refractivity contribution >= 4 is 29.3 Å². The molecule has 1 aromatic rings. The third kappa shape index (κ3) is 3.52. The fraction of sp³-hybridized carbons (Fsp3) is 0.500. The van der Waals surface area contributed by atoms with Gasteiger partial charge >= 0.3 is 6.18 Å². The van der Waals surface area contributed by atoms with Crippen LogP contribution in [0.2, 0.25) is 0 Å². The molecular formula is C14H15F3OS2. The van der Waals surface area contributed by atoms with Gasteiger partial charge < -0.3 is 0 Å². The second-order valence-corrected chi connectivity index (χ2v) is 7.81. The monoisotopic (exact) mass is 320 g/mol. The van der Waals surface area contributed by atoms with Gasteiger partial charge in [0.15, 0.2) is 5.78 Å². The van der Waals surface area contributed by atoms with Crippen LogP contribution in [0.4, 0.5) is 13.2 Å². The summed E-state index contributed by atoms with van der Waals surface area (Å²) in [6.07, 6.45) is -4.41. The van der Waals surface area contributed by atoms with Crippen LogP contribution in [0.15, 0.2) is 24.3 Å². The van der Waals surface area contributed by atoms with Crippen molar-refractivity contribution in [3.63, 3.8) is 0 Å². The molecule has 0 N–H and O–H groups in total. The van der Waals surface area contributed by atoms with Crippen LogP contribution in [-0.4, -0.2) is 27.3 Å². The van der Waals surface area contributed by atoms with E-state index in [0.29, 0.717) is 16.3 Å². The first kappa shape index (κ1) is 15.8. The van der Waals surface area contributed by atoms with E-state index in [1.54, 1.807) is 23.5 Å². The molecule has 1 aromatic carbocycles. The average molecular weight is 320 g/mol. The highest BCUT2D eigenvalue weighted by Gasteiger charge is 2.33. The van der Waals surface area contributed by atoms with Crippen molar-refractivity contribution in [3.8, 4) is 0 Å². The number of thioether (sulfide) groups is 2. The van der Waals surface area contributed by atoms with Gasteiger partial charge in [0.2, 0.25) is 0 Å². The minimum absolute atomic E-state index is 0.152. The lowest BCUT2D eigenvalue weighted by atomic mass is 10.1. The van der Waals surface area contributed by atoms with E-state index in [1.807, 2.05) is 6.92 Å². The minimum atomic E-state index is -4.41. The maximum atomic E-state index is 12.7. The van der Waals surface area contributed by atoms with E-state index in [2.05, 4.69) is 6.92 Å². The topological polar surface area (TPSA) is 17.1 Å². The van der Waals surface area contributed by atoms with Crippen LogP contribution < -0.4 is 0 Å². The van der Waals surface area contributed by atoms with Crippen LogP contribution in [0.1, 0.15) is 29.8 Å². The van der Waals surface area contributed by atoms with Gasteiger partial charge in [0.1, 0.15) is 0 Å². The first-order valence-corrected chi connectivity index (χ1v) is 8.26. The van der Waals surface area contributed by atoms with Crippen molar-refractivity contribution in [2.24, 2.45) is 0 Å². The average Bonchev–Trinajstić information content (AvgIpc) is 2.40. The predicted octanol–water partition coefficient (Wildman–Crippen LogP) is 4.51. The van der Waals surface area contributed by atoms with Crippen molar-refractivity contribution in [3.05, 3.63) is 35.4 Å². The number of ketones is 1. The summed E-state index contributed by atoms with van der Waals surface area (Å²) in [5.41, 5.74) is -0.613. The molecule has 0 radical (unpaired) electrons. The number of benzene rings is 1. The molecule has 1 saturated heterocycles. The molecule has 1 aliphatic rings. The summed E-state index contributed by atoms with van der Waals surface area (Å²) in [4.78, 5) is 12.3. The SMILES string of the molecule is CC1SCC(C(=O)c2cccc(C(F)(F)F)c2)SC1C. The highest BCUT2D eigenvalue weighted by atomic mass is 32.2. The molecule has 0 aromatic heterocycles. The maximum absolute atomic E-state index is 12.7. The van der Waals surface area contributed by atoms with Crippen LogP contribution in [-0.2, 0) is 6.18 Å². The number of carbonyl (C=O) groups is 1. The van der Waals surface area contributed by atoms with Crippen LogP contribution >= 0.6 is 23.5 Å². The van der Waals surface area contributed by atoms with Crippen LogP contribution in [0.25, 0.3) is 0 Å². The Hall–Kier alpha value is -0.620. The molecule has 20 heavy (non-hydrogen) atoms. The van der Waals surface area contributed by atoms with Gasteiger partial charge in [-0.1, -0.05) is 26.0 Å². The van der Waals surface area contributed by atoms with E-state index in [0.717, 1.165) is 12.1 Å². The Morgan fingerprint density at radius 1 is 1.25 bits per heavy atom. The summed E-state index contributed by atoms with van der Waals surface area (Å²) in [5, 5.41) is 0.536. The summed E-state index contributed by atoms with van der Waals surface area (Å²) in [7, 11) is 0. The van der Waals surface area contributed by atoms with Crippen molar-refractivity contribution < 1.29 is 18.0 Å². The molecule has 110 valence electrons. The molecule has 1 nitrogen and oxygen atoms in total.